The van der Waals surface area contributed by atoms with Crippen LogP contribution in [0.3, 0.4) is 0 Å². The minimum Gasteiger partial charge on any atom is -0.377 e. The molecule has 114 valence electrons. The predicted molar refractivity (Wildman–Crippen MR) is 67.7 cm³/mol. The third kappa shape index (κ3) is 4.73. The SMILES string of the molecule is CO[Si](CCC1CCC(C(F)(F)F)CC1)(OC)OC. The second kappa shape index (κ2) is 7.06. The Bertz CT molecular complexity index is 253. The molecular weight excluding hydrogens is 277 g/mol. The normalized spacial score (nSPS) is 25.6. The molecule has 0 radical (unpaired) electrons. The van der Waals surface area contributed by atoms with Crippen molar-refractivity contribution in [2.75, 3.05) is 21.3 Å². The molecule has 1 saturated carbocycles. The number of hydrogen-bond acceptors (Lipinski definition) is 3. The number of rotatable bonds is 6. The van der Waals surface area contributed by atoms with E-state index in [9.17, 15) is 13.2 Å². The van der Waals surface area contributed by atoms with Gasteiger partial charge in [0, 0.05) is 27.4 Å². The number of alkyl halides is 3. The lowest BCUT2D eigenvalue weighted by Gasteiger charge is -2.31. The van der Waals surface area contributed by atoms with Gasteiger partial charge in [-0.1, -0.05) is 0 Å². The number of hydrogen-bond donors (Lipinski definition) is 0. The summed E-state index contributed by atoms with van der Waals surface area (Å²) in [6.07, 6.45) is -1.47. The Morgan fingerprint density at radius 3 is 1.79 bits per heavy atom. The Labute approximate surface area is 113 Å². The van der Waals surface area contributed by atoms with Crippen LogP contribution in [0.1, 0.15) is 32.1 Å². The molecule has 0 aromatic rings. The molecule has 0 saturated heterocycles. The summed E-state index contributed by atoms with van der Waals surface area (Å²) in [5.41, 5.74) is 0. The van der Waals surface area contributed by atoms with Crippen LogP contribution in [0.2, 0.25) is 6.04 Å². The monoisotopic (exact) mass is 300 g/mol. The van der Waals surface area contributed by atoms with E-state index in [1.807, 2.05) is 0 Å². The summed E-state index contributed by atoms with van der Waals surface area (Å²) in [5, 5.41) is 0. The Kier molecular flexibility index (Phi) is 6.29. The molecule has 0 spiro atoms. The van der Waals surface area contributed by atoms with E-state index in [1.54, 1.807) is 21.3 Å². The predicted octanol–water partition coefficient (Wildman–Crippen LogP) is 3.62. The molecule has 7 heteroatoms. The van der Waals surface area contributed by atoms with E-state index in [2.05, 4.69) is 0 Å². The largest absolute Gasteiger partial charge is 0.500 e. The van der Waals surface area contributed by atoms with Crippen molar-refractivity contribution >= 4 is 8.80 Å². The van der Waals surface area contributed by atoms with Gasteiger partial charge in [-0.25, -0.2) is 0 Å². The summed E-state index contributed by atoms with van der Waals surface area (Å²) in [5.74, 6) is -0.788. The van der Waals surface area contributed by atoms with Crippen LogP contribution < -0.4 is 0 Å². The highest BCUT2D eigenvalue weighted by Crippen LogP contribution is 2.41. The zero-order chi connectivity index (χ0) is 14.5. The van der Waals surface area contributed by atoms with Gasteiger partial charge in [-0.2, -0.15) is 13.2 Å². The maximum absolute atomic E-state index is 12.6. The fourth-order valence-corrected chi connectivity index (χ4v) is 4.59. The van der Waals surface area contributed by atoms with Crippen molar-refractivity contribution in [3.8, 4) is 0 Å². The van der Waals surface area contributed by atoms with Crippen molar-refractivity contribution in [3.63, 3.8) is 0 Å². The first kappa shape index (κ1) is 16.9. The Morgan fingerprint density at radius 2 is 1.42 bits per heavy atom. The van der Waals surface area contributed by atoms with Gasteiger partial charge in [0.15, 0.2) is 0 Å². The van der Waals surface area contributed by atoms with Gasteiger partial charge in [0.25, 0.3) is 0 Å². The van der Waals surface area contributed by atoms with Gasteiger partial charge in [-0.3, -0.25) is 0 Å². The molecule has 0 aromatic heterocycles. The van der Waals surface area contributed by atoms with Crippen LogP contribution in [0, 0.1) is 11.8 Å². The molecule has 19 heavy (non-hydrogen) atoms. The van der Waals surface area contributed by atoms with E-state index in [0.29, 0.717) is 24.8 Å². The molecule has 0 aromatic carbocycles. The van der Waals surface area contributed by atoms with Crippen LogP contribution in [0.15, 0.2) is 0 Å². The fourth-order valence-electron chi connectivity index (χ4n) is 2.72. The van der Waals surface area contributed by atoms with Crippen molar-refractivity contribution in [1.82, 2.24) is 0 Å². The first-order valence-corrected chi connectivity index (χ1v) is 8.52. The molecule has 0 bridgehead atoms. The van der Waals surface area contributed by atoms with Crippen molar-refractivity contribution in [2.45, 2.75) is 44.3 Å². The first-order chi connectivity index (χ1) is 8.87. The van der Waals surface area contributed by atoms with Crippen LogP contribution in [0.25, 0.3) is 0 Å². The topological polar surface area (TPSA) is 27.7 Å². The van der Waals surface area contributed by atoms with Crippen molar-refractivity contribution < 1.29 is 26.4 Å². The van der Waals surface area contributed by atoms with E-state index >= 15 is 0 Å². The maximum atomic E-state index is 12.6. The minimum atomic E-state index is -4.03. The summed E-state index contributed by atoms with van der Waals surface area (Å²) in [6.45, 7) is 0. The number of halogens is 3. The van der Waals surface area contributed by atoms with Gasteiger partial charge < -0.3 is 13.3 Å². The zero-order valence-corrected chi connectivity index (χ0v) is 12.8. The summed E-state index contributed by atoms with van der Waals surface area (Å²) < 4.78 is 53.6. The first-order valence-electron chi connectivity index (χ1n) is 6.59. The molecule has 0 aliphatic heterocycles. The molecule has 1 fully saturated rings. The molecule has 0 atom stereocenters. The van der Waals surface area contributed by atoms with Gasteiger partial charge >= 0.3 is 15.0 Å². The van der Waals surface area contributed by atoms with E-state index in [-0.39, 0.29) is 12.8 Å². The summed E-state index contributed by atoms with van der Waals surface area (Å²) >= 11 is 0. The van der Waals surface area contributed by atoms with Gasteiger partial charge in [-0.15, -0.1) is 0 Å². The van der Waals surface area contributed by atoms with Crippen LogP contribution >= 0.6 is 0 Å². The van der Waals surface area contributed by atoms with Gasteiger partial charge in [0.1, 0.15) is 0 Å². The molecule has 1 aliphatic carbocycles. The second-order valence-corrected chi connectivity index (χ2v) is 8.18. The molecular formula is C12H23F3O3Si. The standard InChI is InChI=1S/C12H23F3O3Si/c1-16-19(17-2,18-3)9-8-10-4-6-11(7-5-10)12(13,14)15/h10-11H,4-9H2,1-3H3. The van der Waals surface area contributed by atoms with Crippen LogP contribution in [-0.2, 0) is 13.3 Å². The summed E-state index contributed by atoms with van der Waals surface area (Å²) in [7, 11) is 2.09. The van der Waals surface area contributed by atoms with E-state index < -0.39 is 20.9 Å². The summed E-state index contributed by atoms with van der Waals surface area (Å²) in [6, 6.07) is 0.665. The molecule has 1 rings (SSSR count). The lowest BCUT2D eigenvalue weighted by molar-refractivity contribution is -0.184. The van der Waals surface area contributed by atoms with Crippen molar-refractivity contribution in [3.05, 3.63) is 0 Å². The van der Waals surface area contributed by atoms with E-state index in [0.717, 1.165) is 6.42 Å². The zero-order valence-electron chi connectivity index (χ0n) is 11.8. The van der Waals surface area contributed by atoms with Crippen LogP contribution in [0.4, 0.5) is 13.2 Å². The van der Waals surface area contributed by atoms with Crippen LogP contribution in [0.5, 0.6) is 0 Å². The average Bonchev–Trinajstić information content (AvgIpc) is 2.40. The second-order valence-electron chi connectivity index (χ2n) is 5.09. The van der Waals surface area contributed by atoms with Gasteiger partial charge in [-0.05, 0) is 38.0 Å². The smallest absolute Gasteiger partial charge is 0.377 e. The Balaban J connectivity index is 2.37. The minimum absolute atomic E-state index is 0.246. The van der Waals surface area contributed by atoms with E-state index in [4.69, 9.17) is 13.3 Å². The van der Waals surface area contributed by atoms with Crippen molar-refractivity contribution in [1.29, 1.82) is 0 Å². The third-order valence-corrected chi connectivity index (χ3v) is 6.87. The van der Waals surface area contributed by atoms with Crippen molar-refractivity contribution in [2.24, 2.45) is 11.8 Å². The Morgan fingerprint density at radius 1 is 0.947 bits per heavy atom. The fraction of sp³-hybridized carbons (Fsp3) is 1.00. The Hall–Kier alpha value is -0.113. The van der Waals surface area contributed by atoms with E-state index in [1.165, 1.54) is 0 Å². The molecule has 1 aliphatic rings. The maximum Gasteiger partial charge on any atom is 0.500 e. The highest BCUT2D eigenvalue weighted by molar-refractivity contribution is 6.60. The highest BCUT2D eigenvalue weighted by Gasteiger charge is 2.43. The quantitative estimate of drug-likeness (QED) is 0.701. The lowest BCUT2D eigenvalue weighted by Crippen LogP contribution is -2.43. The van der Waals surface area contributed by atoms with Gasteiger partial charge in [0.05, 0.1) is 5.92 Å². The van der Waals surface area contributed by atoms with Crippen LogP contribution in [-0.4, -0.2) is 36.3 Å². The molecule has 0 unspecified atom stereocenters. The molecule has 3 nitrogen and oxygen atoms in total. The van der Waals surface area contributed by atoms with Gasteiger partial charge in [0.2, 0.25) is 0 Å². The third-order valence-electron chi connectivity index (χ3n) is 4.10. The molecule has 0 amide bonds. The highest BCUT2D eigenvalue weighted by atomic mass is 28.4. The lowest BCUT2D eigenvalue weighted by atomic mass is 9.80. The average molecular weight is 300 g/mol. The summed E-state index contributed by atoms with van der Waals surface area (Å²) in [4.78, 5) is 0. The molecule has 0 N–H and O–H groups in total. The molecule has 0 heterocycles.